The number of anilines is 2. The van der Waals surface area contributed by atoms with Crippen molar-refractivity contribution >= 4 is 17.6 Å². The quantitative estimate of drug-likeness (QED) is 0.492. The molecule has 2 aromatic carbocycles. The number of hydrogen-bond acceptors (Lipinski definition) is 6. The molecule has 0 saturated heterocycles. The summed E-state index contributed by atoms with van der Waals surface area (Å²) in [6.07, 6.45) is 7.05. The van der Waals surface area contributed by atoms with E-state index in [2.05, 4.69) is 15.3 Å². The fraction of sp³-hybridized carbons (Fsp3) is 0.136. The number of carbonyl (C=O) groups is 1. The summed E-state index contributed by atoms with van der Waals surface area (Å²) >= 11 is 0. The summed E-state index contributed by atoms with van der Waals surface area (Å²) in [5.41, 5.74) is 9.16. The van der Waals surface area contributed by atoms with Crippen LogP contribution in [0.15, 0.2) is 77.9 Å². The van der Waals surface area contributed by atoms with E-state index in [4.69, 9.17) is 10.2 Å². The SMILES string of the molecule is CN(Cc1ccccc1-c1cnc(Nc2ccc(-n3ccnc3)cc2)o1)C(=O)CN. The highest BCUT2D eigenvalue weighted by atomic mass is 16.4. The second-order valence-electron chi connectivity index (χ2n) is 6.78. The number of oxazole rings is 1. The van der Waals surface area contributed by atoms with E-state index in [1.165, 1.54) is 0 Å². The lowest BCUT2D eigenvalue weighted by Crippen LogP contribution is -2.32. The Balaban J connectivity index is 1.50. The van der Waals surface area contributed by atoms with E-state index in [-0.39, 0.29) is 12.5 Å². The fourth-order valence-corrected chi connectivity index (χ4v) is 3.11. The van der Waals surface area contributed by atoms with Gasteiger partial charge in [0.1, 0.15) is 0 Å². The van der Waals surface area contributed by atoms with Gasteiger partial charge in [0.05, 0.1) is 19.1 Å². The van der Waals surface area contributed by atoms with Gasteiger partial charge in [-0.15, -0.1) is 0 Å². The predicted octanol–water partition coefficient (Wildman–Crippen LogP) is 3.19. The number of benzene rings is 2. The second-order valence-corrected chi connectivity index (χ2v) is 6.78. The Morgan fingerprint density at radius 2 is 2.00 bits per heavy atom. The van der Waals surface area contributed by atoms with Crippen molar-refractivity contribution in [3.05, 3.63) is 79.0 Å². The number of amides is 1. The molecule has 8 heteroatoms. The summed E-state index contributed by atoms with van der Waals surface area (Å²) in [5.74, 6) is 0.501. The smallest absolute Gasteiger partial charge is 0.299 e. The first-order valence-electron chi connectivity index (χ1n) is 9.47. The summed E-state index contributed by atoms with van der Waals surface area (Å²) in [5, 5.41) is 3.17. The summed E-state index contributed by atoms with van der Waals surface area (Å²) in [4.78, 5) is 21.8. The molecular formula is C22H22N6O2. The maximum atomic E-state index is 11.8. The van der Waals surface area contributed by atoms with Crippen molar-refractivity contribution in [2.75, 3.05) is 18.9 Å². The average Bonchev–Trinajstić information content (AvgIpc) is 3.46. The number of rotatable bonds is 7. The Morgan fingerprint density at radius 1 is 1.20 bits per heavy atom. The zero-order valence-corrected chi connectivity index (χ0v) is 16.5. The summed E-state index contributed by atoms with van der Waals surface area (Å²) in [6.45, 7) is 0.417. The lowest BCUT2D eigenvalue weighted by molar-refractivity contribution is -0.128. The zero-order valence-electron chi connectivity index (χ0n) is 16.5. The molecule has 0 atom stereocenters. The topological polar surface area (TPSA) is 102 Å². The Hall–Kier alpha value is -3.91. The molecule has 3 N–H and O–H groups in total. The highest BCUT2D eigenvalue weighted by Gasteiger charge is 2.14. The number of nitrogens with zero attached hydrogens (tertiary/aromatic N) is 4. The lowest BCUT2D eigenvalue weighted by atomic mass is 10.1. The van der Waals surface area contributed by atoms with Gasteiger partial charge in [0.15, 0.2) is 5.76 Å². The van der Waals surface area contributed by atoms with Crippen molar-refractivity contribution in [1.29, 1.82) is 0 Å². The van der Waals surface area contributed by atoms with Crippen molar-refractivity contribution in [2.24, 2.45) is 5.73 Å². The van der Waals surface area contributed by atoms with E-state index < -0.39 is 0 Å². The molecule has 0 bridgehead atoms. The van der Waals surface area contributed by atoms with E-state index in [1.807, 2.05) is 59.3 Å². The van der Waals surface area contributed by atoms with Gasteiger partial charge < -0.3 is 24.9 Å². The van der Waals surface area contributed by atoms with Gasteiger partial charge in [-0.3, -0.25) is 4.79 Å². The largest absolute Gasteiger partial charge is 0.423 e. The van der Waals surface area contributed by atoms with E-state index in [1.54, 1.807) is 30.7 Å². The molecule has 0 fully saturated rings. The minimum atomic E-state index is -0.121. The first-order chi connectivity index (χ1) is 14.6. The molecule has 152 valence electrons. The summed E-state index contributed by atoms with van der Waals surface area (Å²) in [6, 6.07) is 16.0. The number of carbonyl (C=O) groups excluding carboxylic acids is 1. The average molecular weight is 402 g/mol. The van der Waals surface area contributed by atoms with Crippen molar-refractivity contribution in [2.45, 2.75) is 6.54 Å². The Bertz CT molecular complexity index is 1120. The van der Waals surface area contributed by atoms with E-state index in [0.717, 1.165) is 22.5 Å². The van der Waals surface area contributed by atoms with Crippen LogP contribution in [-0.2, 0) is 11.3 Å². The Morgan fingerprint density at radius 3 is 2.73 bits per heavy atom. The first-order valence-corrected chi connectivity index (χ1v) is 9.47. The van der Waals surface area contributed by atoms with Crippen LogP contribution >= 0.6 is 0 Å². The number of hydrogen-bond donors (Lipinski definition) is 2. The first kappa shape index (κ1) is 19.4. The minimum absolute atomic E-state index is 0.0192. The predicted molar refractivity (Wildman–Crippen MR) is 114 cm³/mol. The molecule has 0 saturated carbocycles. The second kappa shape index (κ2) is 8.62. The van der Waals surface area contributed by atoms with Gasteiger partial charge in [0.2, 0.25) is 5.91 Å². The standard InChI is InChI=1S/C22H22N6O2/c1-27(21(29)12-23)14-16-4-2-3-5-19(16)20-13-25-22(30-20)26-17-6-8-18(9-7-17)28-11-10-24-15-28/h2-11,13,15H,12,14,23H2,1H3,(H,25,26). The maximum Gasteiger partial charge on any atom is 0.299 e. The van der Waals surface area contributed by atoms with Crippen molar-refractivity contribution < 1.29 is 9.21 Å². The molecule has 0 spiro atoms. The number of aromatic nitrogens is 3. The molecule has 1 amide bonds. The highest BCUT2D eigenvalue weighted by molar-refractivity contribution is 5.78. The summed E-state index contributed by atoms with van der Waals surface area (Å²) in [7, 11) is 1.73. The number of imidazole rings is 1. The molecule has 2 aromatic heterocycles. The van der Waals surface area contributed by atoms with Gasteiger partial charge in [0, 0.05) is 42.9 Å². The van der Waals surface area contributed by atoms with E-state index in [0.29, 0.717) is 18.3 Å². The van der Waals surface area contributed by atoms with Crippen LogP contribution in [0.3, 0.4) is 0 Å². The molecule has 2 heterocycles. The van der Waals surface area contributed by atoms with Crippen LogP contribution in [0.2, 0.25) is 0 Å². The van der Waals surface area contributed by atoms with Gasteiger partial charge in [-0.1, -0.05) is 24.3 Å². The molecule has 0 aliphatic rings. The lowest BCUT2D eigenvalue weighted by Gasteiger charge is -2.17. The minimum Gasteiger partial charge on any atom is -0.423 e. The Kier molecular flexibility index (Phi) is 5.58. The van der Waals surface area contributed by atoms with Crippen molar-refractivity contribution in [3.63, 3.8) is 0 Å². The zero-order chi connectivity index (χ0) is 20.9. The van der Waals surface area contributed by atoms with Gasteiger partial charge in [-0.05, 0) is 29.8 Å². The normalized spacial score (nSPS) is 10.7. The van der Waals surface area contributed by atoms with E-state index >= 15 is 0 Å². The number of likely N-dealkylation sites (N-methyl/N-ethyl adjacent to an activating group) is 1. The maximum absolute atomic E-state index is 11.8. The van der Waals surface area contributed by atoms with Gasteiger partial charge >= 0.3 is 0 Å². The van der Waals surface area contributed by atoms with Gasteiger partial charge in [-0.2, -0.15) is 0 Å². The van der Waals surface area contributed by atoms with Crippen LogP contribution in [-0.4, -0.2) is 38.9 Å². The highest BCUT2D eigenvalue weighted by Crippen LogP contribution is 2.28. The fourth-order valence-electron chi connectivity index (χ4n) is 3.11. The van der Waals surface area contributed by atoms with Gasteiger partial charge in [0.25, 0.3) is 6.01 Å². The van der Waals surface area contributed by atoms with Crippen LogP contribution < -0.4 is 11.1 Å². The van der Waals surface area contributed by atoms with Crippen LogP contribution in [0.25, 0.3) is 17.0 Å². The number of nitrogens with two attached hydrogens (primary N) is 1. The number of nitrogens with one attached hydrogen (secondary N) is 1. The van der Waals surface area contributed by atoms with Crippen LogP contribution in [0.1, 0.15) is 5.56 Å². The molecule has 4 aromatic rings. The van der Waals surface area contributed by atoms with Crippen LogP contribution in [0, 0.1) is 0 Å². The third-order valence-electron chi connectivity index (χ3n) is 4.72. The Labute approximate surface area is 174 Å². The molecule has 0 unspecified atom stereocenters. The van der Waals surface area contributed by atoms with Crippen LogP contribution in [0.4, 0.5) is 11.7 Å². The van der Waals surface area contributed by atoms with Gasteiger partial charge in [-0.25, -0.2) is 9.97 Å². The molecule has 0 aliphatic carbocycles. The van der Waals surface area contributed by atoms with Crippen molar-refractivity contribution in [1.82, 2.24) is 19.4 Å². The molecule has 0 aliphatic heterocycles. The van der Waals surface area contributed by atoms with E-state index in [9.17, 15) is 4.79 Å². The third kappa shape index (κ3) is 4.23. The van der Waals surface area contributed by atoms with Crippen LogP contribution in [0.5, 0.6) is 0 Å². The molecule has 30 heavy (non-hydrogen) atoms. The monoisotopic (exact) mass is 402 g/mol. The molecule has 0 radical (unpaired) electrons. The summed E-state index contributed by atoms with van der Waals surface area (Å²) < 4.78 is 7.85. The molecule has 8 nitrogen and oxygen atoms in total. The molecular weight excluding hydrogens is 380 g/mol. The van der Waals surface area contributed by atoms with Crippen molar-refractivity contribution in [3.8, 4) is 17.0 Å². The third-order valence-corrected chi connectivity index (χ3v) is 4.72. The molecule has 4 rings (SSSR count).